The Morgan fingerprint density at radius 2 is 0.985 bits per heavy atom. The molecule has 2 aliphatic rings. The monoisotopic (exact) mass is 956 g/mol. The number of nitrogens with zero attached hydrogens (tertiary/aromatic N) is 3. The Kier molecular flexibility index (Phi) is 30.1. The van der Waals surface area contributed by atoms with Crippen molar-refractivity contribution in [3.63, 3.8) is 0 Å². The van der Waals surface area contributed by atoms with E-state index in [0.29, 0.717) is 44.7 Å². The number of esters is 2. The molecular weight excluding hydrogens is 867 g/mol. The number of amides is 3. The predicted molar refractivity (Wildman–Crippen MR) is 274 cm³/mol. The van der Waals surface area contributed by atoms with Gasteiger partial charge in [0.25, 0.3) is 0 Å². The van der Waals surface area contributed by atoms with Crippen LogP contribution in [0.15, 0.2) is 93.1 Å². The molecule has 2 atom stereocenters. The largest absolute Gasteiger partial charge is 0.452 e. The van der Waals surface area contributed by atoms with E-state index >= 15 is 0 Å². The van der Waals surface area contributed by atoms with Gasteiger partial charge in [-0.1, -0.05) is 73.7 Å². The van der Waals surface area contributed by atoms with E-state index in [1.165, 1.54) is 10.5 Å². The Morgan fingerprint density at radius 3 is 1.35 bits per heavy atom. The first-order valence-corrected chi connectivity index (χ1v) is 23.1. The molecule has 0 aliphatic carbocycles. The molecule has 3 amide bonds. The number of hydrogen-bond acceptors (Lipinski definition) is 12. The van der Waals surface area contributed by atoms with Crippen LogP contribution in [0.2, 0.25) is 0 Å². The van der Waals surface area contributed by atoms with Crippen LogP contribution in [-0.4, -0.2) is 131 Å². The van der Waals surface area contributed by atoms with Crippen molar-refractivity contribution in [1.29, 1.82) is 0 Å². The second-order valence-corrected chi connectivity index (χ2v) is 20.9. The molecule has 0 spiro atoms. The molecule has 386 valence electrons. The van der Waals surface area contributed by atoms with E-state index in [4.69, 9.17) is 23.7 Å². The summed E-state index contributed by atoms with van der Waals surface area (Å²) in [4.78, 5) is 62.2. The number of carbonyl (C=O) groups is 5. The third-order valence-corrected chi connectivity index (χ3v) is 8.04. The van der Waals surface area contributed by atoms with Crippen LogP contribution in [0.4, 0.5) is 14.4 Å². The molecule has 0 radical (unpaired) electrons. The van der Waals surface area contributed by atoms with Gasteiger partial charge in [0, 0.05) is 64.9 Å². The number of nitrogens with one attached hydrogen (secondary N) is 2. The summed E-state index contributed by atoms with van der Waals surface area (Å²) in [6.07, 6.45) is 10.1. The SMILES string of the molecule is C=CCN(CC=C)C(=O)OC(C)(C)C.C=CCNCC=C.CC(C)(C)OC(=O)C(=O)OC(C)(C)C.CC(C)(C)OC(=O)N1CC=CC1.C[C@H]1CN(C(=O)OC(C)(C)C)C[C@@H]1NCc1ccccc1. The number of benzene rings is 1. The molecule has 1 saturated heterocycles. The van der Waals surface area contributed by atoms with Crippen LogP contribution in [0.5, 0.6) is 0 Å². The first-order chi connectivity index (χ1) is 31.2. The second kappa shape index (κ2) is 31.6. The van der Waals surface area contributed by atoms with Crippen LogP contribution in [0.1, 0.15) is 116 Å². The third kappa shape index (κ3) is 35.7. The van der Waals surface area contributed by atoms with Crippen molar-refractivity contribution in [2.45, 2.75) is 151 Å². The predicted octanol–water partition coefficient (Wildman–Crippen LogP) is 10.0. The lowest BCUT2D eigenvalue weighted by Crippen LogP contribution is -2.38. The maximum atomic E-state index is 12.1. The Hall–Kier alpha value is -5.41. The van der Waals surface area contributed by atoms with Crippen LogP contribution < -0.4 is 10.6 Å². The van der Waals surface area contributed by atoms with E-state index in [2.05, 4.69) is 56.0 Å². The molecule has 2 heterocycles. The lowest BCUT2D eigenvalue weighted by Gasteiger charge is -2.25. The second-order valence-electron chi connectivity index (χ2n) is 20.9. The number of rotatable bonds is 11. The zero-order valence-corrected chi connectivity index (χ0v) is 44.6. The minimum absolute atomic E-state index is 0.210. The first-order valence-electron chi connectivity index (χ1n) is 23.1. The van der Waals surface area contributed by atoms with Crippen molar-refractivity contribution in [1.82, 2.24) is 25.3 Å². The van der Waals surface area contributed by atoms with Crippen molar-refractivity contribution in [3.05, 3.63) is 98.7 Å². The lowest BCUT2D eigenvalue weighted by atomic mass is 10.1. The summed E-state index contributed by atoms with van der Waals surface area (Å²) in [7, 11) is 0. The van der Waals surface area contributed by atoms with Gasteiger partial charge in [0.15, 0.2) is 0 Å². The molecule has 15 nitrogen and oxygen atoms in total. The van der Waals surface area contributed by atoms with Crippen molar-refractivity contribution in [2.75, 3.05) is 52.4 Å². The summed E-state index contributed by atoms with van der Waals surface area (Å²) >= 11 is 0. The lowest BCUT2D eigenvalue weighted by molar-refractivity contribution is -0.180. The molecule has 0 aromatic heterocycles. The highest BCUT2D eigenvalue weighted by atomic mass is 16.6. The topological polar surface area (TPSA) is 165 Å². The number of likely N-dealkylation sites (tertiary alicyclic amines) is 1. The van der Waals surface area contributed by atoms with E-state index < -0.39 is 34.3 Å². The number of hydrogen-bond donors (Lipinski definition) is 2. The van der Waals surface area contributed by atoms with E-state index in [1.807, 2.05) is 105 Å². The van der Waals surface area contributed by atoms with Crippen LogP contribution in [0.3, 0.4) is 0 Å². The molecule has 1 aromatic carbocycles. The van der Waals surface area contributed by atoms with E-state index in [1.54, 1.807) is 63.5 Å². The highest BCUT2D eigenvalue weighted by Gasteiger charge is 2.34. The van der Waals surface area contributed by atoms with Gasteiger partial charge in [-0.15, -0.1) is 26.3 Å². The molecule has 15 heteroatoms. The van der Waals surface area contributed by atoms with E-state index in [9.17, 15) is 24.0 Å². The summed E-state index contributed by atoms with van der Waals surface area (Å²) in [6.45, 7) is 49.7. The Bertz CT molecular complexity index is 1680. The van der Waals surface area contributed by atoms with Crippen LogP contribution >= 0.6 is 0 Å². The Balaban J connectivity index is 0. The van der Waals surface area contributed by atoms with Gasteiger partial charge >= 0.3 is 30.2 Å². The highest BCUT2D eigenvalue weighted by Crippen LogP contribution is 2.20. The highest BCUT2D eigenvalue weighted by molar-refractivity contribution is 6.29. The molecule has 3 rings (SSSR count). The van der Waals surface area contributed by atoms with Crippen molar-refractivity contribution in [2.24, 2.45) is 5.92 Å². The fourth-order valence-electron chi connectivity index (χ4n) is 5.30. The maximum Gasteiger partial charge on any atom is 0.418 e. The van der Waals surface area contributed by atoms with Gasteiger partial charge in [-0.25, -0.2) is 24.0 Å². The van der Waals surface area contributed by atoms with Gasteiger partial charge in [-0.3, -0.25) is 0 Å². The minimum atomic E-state index is -0.951. The summed E-state index contributed by atoms with van der Waals surface area (Å²) in [6, 6.07) is 10.6. The fourth-order valence-corrected chi connectivity index (χ4v) is 5.30. The van der Waals surface area contributed by atoms with Gasteiger partial charge < -0.3 is 49.0 Å². The normalized spacial score (nSPS) is 15.4. The summed E-state index contributed by atoms with van der Waals surface area (Å²) in [5.41, 5.74) is -1.37. The van der Waals surface area contributed by atoms with Gasteiger partial charge in [-0.2, -0.15) is 0 Å². The molecule has 2 aliphatic heterocycles. The smallest absolute Gasteiger partial charge is 0.418 e. The van der Waals surface area contributed by atoms with Crippen LogP contribution in [-0.2, 0) is 39.8 Å². The summed E-state index contributed by atoms with van der Waals surface area (Å²) in [5.74, 6) is -1.47. The molecular formula is C53H89N5O10. The van der Waals surface area contributed by atoms with Gasteiger partial charge in [-0.05, 0) is 115 Å². The summed E-state index contributed by atoms with van der Waals surface area (Å²) in [5, 5.41) is 6.59. The van der Waals surface area contributed by atoms with Crippen LogP contribution in [0.25, 0.3) is 0 Å². The first kappa shape index (κ1) is 64.7. The van der Waals surface area contributed by atoms with Gasteiger partial charge in [0.2, 0.25) is 0 Å². The average Bonchev–Trinajstić information content (AvgIpc) is 3.86. The standard InChI is InChI=1S/C17H26N2O2.C11H19NO2.C10H18O4.C9H15NO2.C6H11N/c1-13-11-19(16(20)21-17(2,3)4)12-15(13)18-10-14-8-6-5-7-9-14;1-6-8-12(9-7-2)10(13)14-11(3,4)5;1-9(2,3)13-7(11)8(12)14-10(4,5)6;1-9(2,3)12-8(11)10-6-4-5-7-10;1-3-5-7-6-4-2/h5-9,13,15,18H,10-12H2,1-4H3;6-7H,1-2,8-9H2,3-5H3;1-6H3;4-5H,6-7H2,1-3H3;3-4,7H,1-2,5-6H2/t13-,15-;;;;/m0..../s1. The molecule has 1 fully saturated rings. The quantitative estimate of drug-likeness (QED) is 0.0710. The van der Waals surface area contributed by atoms with Crippen molar-refractivity contribution < 1.29 is 47.7 Å². The fraction of sp³-hybridized carbons (Fsp3) is 0.604. The zero-order chi connectivity index (χ0) is 52.9. The molecule has 2 N–H and O–H groups in total. The molecule has 0 unspecified atom stereocenters. The van der Waals surface area contributed by atoms with E-state index in [-0.39, 0.29) is 23.9 Å². The average molecular weight is 956 g/mol. The van der Waals surface area contributed by atoms with Crippen LogP contribution in [0, 0.1) is 5.92 Å². The Labute approximate surface area is 410 Å². The van der Waals surface area contributed by atoms with E-state index in [0.717, 1.165) is 26.2 Å². The molecule has 0 saturated carbocycles. The van der Waals surface area contributed by atoms with Gasteiger partial charge in [0.1, 0.15) is 28.0 Å². The minimum Gasteiger partial charge on any atom is -0.452 e. The third-order valence-electron chi connectivity index (χ3n) is 8.04. The zero-order valence-electron chi connectivity index (χ0n) is 44.6. The molecule has 0 bridgehead atoms. The number of ether oxygens (including phenoxy) is 5. The molecule has 68 heavy (non-hydrogen) atoms. The van der Waals surface area contributed by atoms with Crippen molar-refractivity contribution >= 4 is 30.2 Å². The van der Waals surface area contributed by atoms with Crippen molar-refractivity contribution in [3.8, 4) is 0 Å². The molecule has 1 aromatic rings. The van der Waals surface area contributed by atoms with Gasteiger partial charge in [0.05, 0.1) is 0 Å². The maximum absolute atomic E-state index is 12.1. The number of carbonyl (C=O) groups excluding carboxylic acids is 5. The Morgan fingerprint density at radius 1 is 0.588 bits per heavy atom. The summed E-state index contributed by atoms with van der Waals surface area (Å²) < 4.78 is 25.5.